The number of hydrogen-bond donors (Lipinski definition) is 0. The molecule has 196 valence electrons. The Morgan fingerprint density at radius 1 is 1.19 bits per heavy atom. The van der Waals surface area contributed by atoms with Crippen LogP contribution in [0.4, 0.5) is 19.3 Å². The number of fused-ring (bicyclic) bond motifs is 3. The molecule has 3 atom stereocenters. The summed E-state index contributed by atoms with van der Waals surface area (Å²) in [5.74, 6) is 0.214. The molecular formula is C28H31F2N3O4. The average Bonchev–Trinajstić information content (AvgIpc) is 3.30. The van der Waals surface area contributed by atoms with E-state index in [2.05, 4.69) is 4.57 Å². The van der Waals surface area contributed by atoms with Crippen molar-refractivity contribution in [2.24, 2.45) is 0 Å². The van der Waals surface area contributed by atoms with Gasteiger partial charge in [-0.25, -0.2) is 18.6 Å². The molecule has 1 fully saturated rings. The highest BCUT2D eigenvalue weighted by Crippen LogP contribution is 2.39. The standard InChI is InChI=1S/C28H31F2N3O4/c1-17-5-10-22-23(32(17)28(35)36-2)11-12-24-26(22)31-25(33(24)21-4-3-13-37-16-21)14-20(15-34)18-6-8-19(9-7-18)27(29)30/h6-9,11-12,15,17,20-21,27H,3-5,10,13-14,16H2,1-2H3. The predicted octanol–water partition coefficient (Wildman–Crippen LogP) is 5.76. The predicted molar refractivity (Wildman–Crippen MR) is 135 cm³/mol. The molecular weight excluding hydrogens is 480 g/mol. The van der Waals surface area contributed by atoms with Crippen molar-refractivity contribution in [1.29, 1.82) is 0 Å². The largest absolute Gasteiger partial charge is 0.452 e. The van der Waals surface area contributed by atoms with E-state index >= 15 is 0 Å². The maximum absolute atomic E-state index is 13.0. The number of amides is 1. The van der Waals surface area contributed by atoms with E-state index in [9.17, 15) is 18.4 Å². The number of halogens is 2. The number of imidazole rings is 1. The van der Waals surface area contributed by atoms with Crippen molar-refractivity contribution in [3.05, 3.63) is 58.9 Å². The van der Waals surface area contributed by atoms with Gasteiger partial charge in [0, 0.05) is 36.1 Å². The van der Waals surface area contributed by atoms with Gasteiger partial charge < -0.3 is 18.8 Å². The van der Waals surface area contributed by atoms with E-state index in [1.807, 2.05) is 19.1 Å². The zero-order valence-electron chi connectivity index (χ0n) is 21.0. The van der Waals surface area contributed by atoms with Crippen LogP contribution in [0.2, 0.25) is 0 Å². The number of carbonyl (C=O) groups excluding carboxylic acids is 2. The molecule has 0 N–H and O–H groups in total. The molecule has 2 aliphatic heterocycles. The van der Waals surface area contributed by atoms with E-state index in [4.69, 9.17) is 14.5 Å². The minimum absolute atomic E-state index is 0.00125. The van der Waals surface area contributed by atoms with Crippen LogP contribution in [0.25, 0.3) is 11.0 Å². The Morgan fingerprint density at radius 3 is 2.59 bits per heavy atom. The minimum atomic E-state index is -2.56. The summed E-state index contributed by atoms with van der Waals surface area (Å²) in [6.07, 6.45) is 1.63. The number of nitrogens with zero attached hydrogens (tertiary/aromatic N) is 3. The molecule has 0 aliphatic carbocycles. The number of aldehydes is 1. The first-order valence-corrected chi connectivity index (χ1v) is 12.7. The Kier molecular flexibility index (Phi) is 7.24. The van der Waals surface area contributed by atoms with Crippen LogP contribution >= 0.6 is 0 Å². The van der Waals surface area contributed by atoms with Crippen molar-refractivity contribution < 1.29 is 27.8 Å². The molecule has 1 amide bonds. The molecule has 3 unspecified atom stereocenters. The fourth-order valence-electron chi connectivity index (χ4n) is 5.63. The van der Waals surface area contributed by atoms with Gasteiger partial charge in [-0.2, -0.15) is 0 Å². The first kappa shape index (κ1) is 25.3. The van der Waals surface area contributed by atoms with E-state index in [0.717, 1.165) is 60.1 Å². The van der Waals surface area contributed by atoms with Crippen molar-refractivity contribution in [2.75, 3.05) is 25.2 Å². The molecule has 5 rings (SSSR count). The molecule has 7 nitrogen and oxygen atoms in total. The summed E-state index contributed by atoms with van der Waals surface area (Å²) in [6, 6.07) is 9.93. The fraction of sp³-hybridized carbons (Fsp3) is 0.464. The van der Waals surface area contributed by atoms with Crippen LogP contribution in [0.5, 0.6) is 0 Å². The zero-order chi connectivity index (χ0) is 26.1. The molecule has 37 heavy (non-hydrogen) atoms. The van der Waals surface area contributed by atoms with Gasteiger partial charge in [-0.3, -0.25) is 4.90 Å². The van der Waals surface area contributed by atoms with Crippen LogP contribution in [0.15, 0.2) is 36.4 Å². The van der Waals surface area contributed by atoms with Crippen molar-refractivity contribution in [1.82, 2.24) is 9.55 Å². The van der Waals surface area contributed by atoms with Gasteiger partial charge in [-0.05, 0) is 50.3 Å². The first-order chi connectivity index (χ1) is 17.9. The van der Waals surface area contributed by atoms with Gasteiger partial charge in [-0.1, -0.05) is 24.3 Å². The molecule has 3 heterocycles. The maximum atomic E-state index is 13.0. The Hall–Kier alpha value is -3.33. The second-order valence-electron chi connectivity index (χ2n) is 9.84. The quantitative estimate of drug-likeness (QED) is 0.394. The van der Waals surface area contributed by atoms with Crippen LogP contribution < -0.4 is 4.90 Å². The SMILES string of the molecule is COC(=O)N1c2ccc3c(nc(CC(C=O)c4ccc(C(F)F)cc4)n3C3CCCOC3)c2CCC1C. The van der Waals surface area contributed by atoms with Gasteiger partial charge in [0.25, 0.3) is 6.43 Å². The minimum Gasteiger partial charge on any atom is -0.452 e. The van der Waals surface area contributed by atoms with E-state index in [0.29, 0.717) is 25.2 Å². The number of aromatic nitrogens is 2. The van der Waals surface area contributed by atoms with E-state index in [1.165, 1.54) is 19.2 Å². The van der Waals surface area contributed by atoms with Crippen LogP contribution in [-0.4, -0.2) is 48.3 Å². The number of aryl methyl sites for hydroxylation is 1. The van der Waals surface area contributed by atoms with Gasteiger partial charge in [0.15, 0.2) is 0 Å². The fourth-order valence-corrected chi connectivity index (χ4v) is 5.63. The van der Waals surface area contributed by atoms with Crippen LogP contribution in [0.3, 0.4) is 0 Å². The number of ether oxygens (including phenoxy) is 2. The van der Waals surface area contributed by atoms with Crippen molar-refractivity contribution in [2.45, 2.75) is 63.5 Å². The Labute approximate surface area is 214 Å². The van der Waals surface area contributed by atoms with Gasteiger partial charge in [0.05, 0.1) is 36.5 Å². The summed E-state index contributed by atoms with van der Waals surface area (Å²) in [5, 5.41) is 0. The third-order valence-corrected chi connectivity index (χ3v) is 7.58. The van der Waals surface area contributed by atoms with Crippen molar-refractivity contribution in [3.8, 4) is 0 Å². The molecule has 2 aliphatic rings. The molecule has 1 aromatic heterocycles. The lowest BCUT2D eigenvalue weighted by atomic mass is 9.95. The number of carbonyl (C=O) groups is 2. The molecule has 0 spiro atoms. The molecule has 1 saturated heterocycles. The highest BCUT2D eigenvalue weighted by molar-refractivity contribution is 5.95. The Bertz CT molecular complexity index is 1280. The molecule has 0 radical (unpaired) electrons. The summed E-state index contributed by atoms with van der Waals surface area (Å²) in [5.41, 5.74) is 4.14. The van der Waals surface area contributed by atoms with Gasteiger partial charge >= 0.3 is 6.09 Å². The monoisotopic (exact) mass is 511 g/mol. The number of hydrogen-bond acceptors (Lipinski definition) is 5. The summed E-state index contributed by atoms with van der Waals surface area (Å²) >= 11 is 0. The Morgan fingerprint density at radius 2 is 1.95 bits per heavy atom. The lowest BCUT2D eigenvalue weighted by Gasteiger charge is -2.34. The number of rotatable bonds is 6. The molecule has 3 aromatic rings. The van der Waals surface area contributed by atoms with Crippen LogP contribution in [0.1, 0.15) is 67.1 Å². The lowest BCUT2D eigenvalue weighted by molar-refractivity contribution is -0.109. The smallest absolute Gasteiger partial charge is 0.414 e. The van der Waals surface area contributed by atoms with Crippen LogP contribution in [0, 0.1) is 0 Å². The van der Waals surface area contributed by atoms with E-state index in [1.54, 1.807) is 17.0 Å². The van der Waals surface area contributed by atoms with Crippen molar-refractivity contribution >= 4 is 29.1 Å². The van der Waals surface area contributed by atoms with E-state index in [-0.39, 0.29) is 17.6 Å². The summed E-state index contributed by atoms with van der Waals surface area (Å²) in [7, 11) is 1.38. The number of methoxy groups -OCH3 is 1. The molecule has 9 heteroatoms. The second kappa shape index (κ2) is 10.6. The molecule has 0 bridgehead atoms. The Balaban J connectivity index is 1.59. The summed E-state index contributed by atoms with van der Waals surface area (Å²) in [4.78, 5) is 31.5. The third-order valence-electron chi connectivity index (χ3n) is 7.58. The highest BCUT2D eigenvalue weighted by Gasteiger charge is 2.33. The highest BCUT2D eigenvalue weighted by atomic mass is 19.3. The van der Waals surface area contributed by atoms with E-state index < -0.39 is 18.4 Å². The number of benzene rings is 2. The average molecular weight is 512 g/mol. The number of anilines is 1. The second-order valence-corrected chi connectivity index (χ2v) is 9.84. The van der Waals surface area contributed by atoms with Gasteiger partial charge in [-0.15, -0.1) is 0 Å². The lowest BCUT2D eigenvalue weighted by Crippen LogP contribution is -2.42. The van der Waals surface area contributed by atoms with Gasteiger partial charge in [0.2, 0.25) is 0 Å². The normalized spacial score (nSPS) is 20.6. The number of alkyl halides is 2. The molecule has 0 saturated carbocycles. The summed E-state index contributed by atoms with van der Waals surface area (Å²) in [6.45, 7) is 3.27. The zero-order valence-corrected chi connectivity index (χ0v) is 21.0. The molecule has 2 aromatic carbocycles. The van der Waals surface area contributed by atoms with Crippen LogP contribution in [-0.2, 0) is 27.1 Å². The first-order valence-electron chi connectivity index (χ1n) is 12.7. The summed E-state index contributed by atoms with van der Waals surface area (Å²) < 4.78 is 39.1. The van der Waals surface area contributed by atoms with Crippen molar-refractivity contribution in [3.63, 3.8) is 0 Å². The topological polar surface area (TPSA) is 73.7 Å². The maximum Gasteiger partial charge on any atom is 0.414 e. The third kappa shape index (κ3) is 4.72. The van der Waals surface area contributed by atoms with Gasteiger partial charge in [0.1, 0.15) is 12.1 Å².